The molecule has 1 aromatic heterocycles. The molecule has 0 aliphatic rings. The van der Waals surface area contributed by atoms with Crippen molar-refractivity contribution in [3.05, 3.63) is 206 Å². The maximum Gasteiger partial charge on any atom is 0.0547 e. The van der Waals surface area contributed by atoms with Crippen LogP contribution in [0.3, 0.4) is 0 Å². The van der Waals surface area contributed by atoms with E-state index in [1.54, 1.807) is 0 Å². The van der Waals surface area contributed by atoms with Gasteiger partial charge in [-0.25, -0.2) is 0 Å². The van der Waals surface area contributed by atoms with Gasteiger partial charge >= 0.3 is 0 Å². The van der Waals surface area contributed by atoms with Gasteiger partial charge in [-0.05, 0) is 111 Å². The van der Waals surface area contributed by atoms with Crippen molar-refractivity contribution in [2.24, 2.45) is 0 Å². The fourth-order valence-corrected chi connectivity index (χ4v) is 7.92. The summed E-state index contributed by atoms with van der Waals surface area (Å²) in [6.45, 7) is 0. The van der Waals surface area contributed by atoms with E-state index in [4.69, 9.17) is 0 Å². The summed E-state index contributed by atoms with van der Waals surface area (Å²) in [7, 11) is 0. The number of anilines is 3. The molecular weight excluding hydrogens is 629 g/mol. The predicted molar refractivity (Wildman–Crippen MR) is 221 cm³/mol. The van der Waals surface area contributed by atoms with Crippen molar-refractivity contribution in [3.63, 3.8) is 0 Å². The van der Waals surface area contributed by atoms with Crippen LogP contribution in [-0.2, 0) is 0 Å². The van der Waals surface area contributed by atoms with Crippen LogP contribution < -0.4 is 4.90 Å². The average Bonchev–Trinajstić information content (AvgIpc) is 3.57. The van der Waals surface area contributed by atoms with E-state index in [1.165, 1.54) is 71.3 Å². The van der Waals surface area contributed by atoms with E-state index in [0.717, 1.165) is 17.1 Å². The highest BCUT2D eigenvalue weighted by atomic mass is 15.1. The second-order valence-electron chi connectivity index (χ2n) is 13.4. The fraction of sp³-hybridized carbons (Fsp3) is 0. The summed E-state index contributed by atoms with van der Waals surface area (Å²) in [4.78, 5) is 2.33. The highest BCUT2D eigenvalue weighted by Gasteiger charge is 2.16. The minimum absolute atomic E-state index is 1.11. The molecule has 10 rings (SSSR count). The second kappa shape index (κ2) is 12.5. The topological polar surface area (TPSA) is 8.17 Å². The zero-order valence-corrected chi connectivity index (χ0v) is 28.5. The number of fused-ring (bicyclic) bond motifs is 6. The second-order valence-corrected chi connectivity index (χ2v) is 13.4. The molecule has 1 heterocycles. The molecular formula is C50H34N2. The third kappa shape index (κ3) is 5.04. The van der Waals surface area contributed by atoms with Crippen LogP contribution in [0, 0.1) is 0 Å². The van der Waals surface area contributed by atoms with Gasteiger partial charge in [0.15, 0.2) is 0 Å². The molecule has 9 aromatic carbocycles. The summed E-state index contributed by atoms with van der Waals surface area (Å²) in [6, 6.07) is 74.5. The van der Waals surface area contributed by atoms with Crippen molar-refractivity contribution in [1.82, 2.24) is 4.57 Å². The highest BCUT2D eigenvalue weighted by Crippen LogP contribution is 2.40. The van der Waals surface area contributed by atoms with E-state index in [9.17, 15) is 0 Å². The Kier molecular flexibility index (Phi) is 7.18. The molecule has 0 aliphatic carbocycles. The Bertz CT molecular complexity index is 2860. The Morgan fingerprint density at radius 3 is 1.65 bits per heavy atom. The first-order valence-corrected chi connectivity index (χ1v) is 17.9. The minimum Gasteiger partial charge on any atom is -0.311 e. The van der Waals surface area contributed by atoms with Crippen LogP contribution in [0.15, 0.2) is 206 Å². The Hall–Kier alpha value is -6.90. The molecule has 2 nitrogen and oxygen atoms in total. The Morgan fingerprint density at radius 2 is 0.885 bits per heavy atom. The summed E-state index contributed by atoms with van der Waals surface area (Å²) in [5.41, 5.74) is 11.8. The number of hydrogen-bond acceptors (Lipinski definition) is 1. The molecule has 2 heteroatoms. The summed E-state index contributed by atoms with van der Waals surface area (Å²) in [6.07, 6.45) is 0. The van der Waals surface area contributed by atoms with Gasteiger partial charge in [-0.2, -0.15) is 0 Å². The van der Waals surface area contributed by atoms with Crippen LogP contribution in [0.5, 0.6) is 0 Å². The first-order valence-electron chi connectivity index (χ1n) is 17.9. The van der Waals surface area contributed by atoms with Crippen LogP contribution in [-0.4, -0.2) is 4.57 Å². The number of benzene rings is 9. The highest BCUT2D eigenvalue weighted by molar-refractivity contribution is 6.21. The molecule has 10 aromatic rings. The lowest BCUT2D eigenvalue weighted by molar-refractivity contribution is 1.18. The number of rotatable bonds is 6. The van der Waals surface area contributed by atoms with E-state index in [0.29, 0.717) is 0 Å². The third-order valence-corrected chi connectivity index (χ3v) is 10.4. The Morgan fingerprint density at radius 1 is 0.327 bits per heavy atom. The number of aromatic nitrogens is 1. The minimum atomic E-state index is 1.11. The van der Waals surface area contributed by atoms with E-state index in [2.05, 4.69) is 216 Å². The van der Waals surface area contributed by atoms with Gasteiger partial charge in [-0.1, -0.05) is 140 Å². The normalized spacial score (nSPS) is 11.5. The van der Waals surface area contributed by atoms with E-state index in [-0.39, 0.29) is 0 Å². The van der Waals surface area contributed by atoms with E-state index in [1.807, 2.05) is 0 Å². The lowest BCUT2D eigenvalue weighted by atomic mass is 9.97. The standard InChI is InChI=1S/C50H34N2/c1-3-14-40(15-4-1)51(43-31-26-37(27-32-43)45-20-11-13-36-12-7-8-18-44(36)45)42-29-24-35(25-30-42)39-23-22-38-28-33-49-50(47(38)34-39)46-19-9-10-21-48(46)52(49)41-16-5-2-6-17-41/h1-34H. The van der Waals surface area contributed by atoms with E-state index >= 15 is 0 Å². The summed E-state index contributed by atoms with van der Waals surface area (Å²) in [5, 5.41) is 7.59. The summed E-state index contributed by atoms with van der Waals surface area (Å²) in [5.74, 6) is 0. The van der Waals surface area contributed by atoms with Gasteiger partial charge in [0.25, 0.3) is 0 Å². The molecule has 0 amide bonds. The van der Waals surface area contributed by atoms with Gasteiger partial charge in [0, 0.05) is 33.5 Å². The molecule has 0 aliphatic heterocycles. The van der Waals surface area contributed by atoms with Crippen molar-refractivity contribution < 1.29 is 0 Å². The van der Waals surface area contributed by atoms with Crippen LogP contribution in [0.25, 0.3) is 71.3 Å². The predicted octanol–water partition coefficient (Wildman–Crippen LogP) is 13.9. The zero-order valence-electron chi connectivity index (χ0n) is 28.5. The first-order chi connectivity index (χ1) is 25.8. The lowest BCUT2D eigenvalue weighted by Crippen LogP contribution is -2.09. The number of hydrogen-bond donors (Lipinski definition) is 0. The molecule has 52 heavy (non-hydrogen) atoms. The average molecular weight is 663 g/mol. The summed E-state index contributed by atoms with van der Waals surface area (Å²) >= 11 is 0. The first kappa shape index (κ1) is 30.0. The van der Waals surface area contributed by atoms with Crippen LogP contribution in [0.1, 0.15) is 0 Å². The lowest BCUT2D eigenvalue weighted by Gasteiger charge is -2.26. The van der Waals surface area contributed by atoms with Crippen LogP contribution in [0.2, 0.25) is 0 Å². The van der Waals surface area contributed by atoms with Gasteiger partial charge in [0.2, 0.25) is 0 Å². The van der Waals surface area contributed by atoms with Gasteiger partial charge in [-0.3, -0.25) is 0 Å². The molecule has 244 valence electrons. The fourth-order valence-electron chi connectivity index (χ4n) is 7.92. The van der Waals surface area contributed by atoms with Crippen molar-refractivity contribution >= 4 is 60.4 Å². The SMILES string of the molecule is c1ccc(N(c2ccc(-c3ccc4ccc5c(c4c3)c3ccccc3n5-c3ccccc3)cc2)c2ccc(-c3cccc4ccccc34)cc2)cc1. The molecule has 0 saturated carbocycles. The van der Waals surface area contributed by atoms with Crippen LogP contribution >= 0.6 is 0 Å². The molecule has 0 N–H and O–H groups in total. The Labute approximate surface area is 303 Å². The monoisotopic (exact) mass is 662 g/mol. The van der Waals surface area contributed by atoms with Crippen molar-refractivity contribution in [1.29, 1.82) is 0 Å². The van der Waals surface area contributed by atoms with Gasteiger partial charge in [0.05, 0.1) is 11.0 Å². The Balaban J connectivity index is 1.05. The summed E-state index contributed by atoms with van der Waals surface area (Å²) < 4.78 is 2.39. The maximum absolute atomic E-state index is 2.39. The van der Waals surface area contributed by atoms with E-state index < -0.39 is 0 Å². The molecule has 0 radical (unpaired) electrons. The number of nitrogens with zero attached hydrogens (tertiary/aromatic N) is 2. The van der Waals surface area contributed by atoms with Crippen molar-refractivity contribution in [3.8, 4) is 27.9 Å². The molecule has 0 atom stereocenters. The molecule has 0 unspecified atom stereocenters. The molecule has 0 spiro atoms. The molecule has 0 fully saturated rings. The molecule has 0 saturated heterocycles. The zero-order chi connectivity index (χ0) is 34.4. The van der Waals surface area contributed by atoms with Gasteiger partial charge in [-0.15, -0.1) is 0 Å². The quantitative estimate of drug-likeness (QED) is 0.172. The van der Waals surface area contributed by atoms with Gasteiger partial charge in [0.1, 0.15) is 0 Å². The maximum atomic E-state index is 2.39. The smallest absolute Gasteiger partial charge is 0.0547 e. The third-order valence-electron chi connectivity index (χ3n) is 10.4. The van der Waals surface area contributed by atoms with Crippen LogP contribution in [0.4, 0.5) is 17.1 Å². The molecule has 0 bridgehead atoms. The van der Waals surface area contributed by atoms with Crippen molar-refractivity contribution in [2.75, 3.05) is 4.90 Å². The largest absolute Gasteiger partial charge is 0.311 e. The van der Waals surface area contributed by atoms with Gasteiger partial charge < -0.3 is 9.47 Å². The van der Waals surface area contributed by atoms with Crippen molar-refractivity contribution in [2.45, 2.75) is 0 Å². The number of para-hydroxylation sites is 3.